The fourth-order valence-corrected chi connectivity index (χ4v) is 8.21. The van der Waals surface area contributed by atoms with E-state index in [2.05, 4.69) is 181 Å². The molecule has 11 aromatic rings. The van der Waals surface area contributed by atoms with Crippen molar-refractivity contribution in [3.05, 3.63) is 200 Å². The maximum Gasteiger partial charge on any atom is 0.136 e. The summed E-state index contributed by atoms with van der Waals surface area (Å²) in [5.74, 6) is 0. The first-order chi connectivity index (χ1) is 27.2. The summed E-state index contributed by atoms with van der Waals surface area (Å²) in [4.78, 5) is 2.36. The highest BCUT2D eigenvalue weighted by atomic mass is 16.3. The summed E-state index contributed by atoms with van der Waals surface area (Å²) in [6.45, 7) is 0. The van der Waals surface area contributed by atoms with E-state index in [0.717, 1.165) is 83.2 Å². The predicted octanol–water partition coefficient (Wildman–Crippen LogP) is 15.1. The molecule has 0 radical (unpaired) electrons. The molecule has 258 valence electrons. The average Bonchev–Trinajstić information content (AvgIpc) is 3.82. The number of anilines is 3. The molecule has 0 atom stereocenters. The largest absolute Gasteiger partial charge is 0.456 e. The van der Waals surface area contributed by atoms with Gasteiger partial charge in [0.05, 0.1) is 5.69 Å². The standard InChI is InChI=1S/C52H33NO2/c1-2-12-41-35(10-1)11-9-16-42(41)36-22-28-40(29-23-36)53(39-26-20-34(21-27-39)37-24-30-46-44-14-4-7-18-49(44)54-51(46)32-37)48-17-6-3-13-43(48)38-25-31-47-45-15-5-8-19-50(45)55-52(47)33-38/h1-33H. The van der Waals surface area contributed by atoms with Gasteiger partial charge in [0.25, 0.3) is 0 Å². The fourth-order valence-electron chi connectivity index (χ4n) is 8.21. The Morgan fingerprint density at radius 2 is 0.764 bits per heavy atom. The fraction of sp³-hybridized carbons (Fsp3) is 0. The van der Waals surface area contributed by atoms with Gasteiger partial charge in [-0.15, -0.1) is 0 Å². The molecule has 9 aromatic carbocycles. The highest BCUT2D eigenvalue weighted by molar-refractivity contribution is 6.07. The minimum atomic E-state index is 0.880. The molecule has 0 spiro atoms. The second kappa shape index (κ2) is 12.6. The number of benzene rings is 9. The van der Waals surface area contributed by atoms with Crippen LogP contribution in [0.25, 0.3) is 88.0 Å². The summed E-state index contributed by atoms with van der Waals surface area (Å²) in [6.07, 6.45) is 0. The summed E-state index contributed by atoms with van der Waals surface area (Å²) < 4.78 is 12.6. The van der Waals surface area contributed by atoms with Crippen LogP contribution in [0.5, 0.6) is 0 Å². The van der Waals surface area contributed by atoms with E-state index in [9.17, 15) is 0 Å². The Hall–Kier alpha value is -7.36. The van der Waals surface area contributed by atoms with Gasteiger partial charge in [0.2, 0.25) is 0 Å². The summed E-state index contributed by atoms with van der Waals surface area (Å²) in [7, 11) is 0. The van der Waals surface area contributed by atoms with E-state index < -0.39 is 0 Å². The highest BCUT2D eigenvalue weighted by Crippen LogP contribution is 2.43. The van der Waals surface area contributed by atoms with Gasteiger partial charge in [0, 0.05) is 38.5 Å². The molecule has 0 saturated carbocycles. The number of hydrogen-bond acceptors (Lipinski definition) is 3. The summed E-state index contributed by atoms with van der Waals surface area (Å²) in [6, 6.07) is 71.1. The minimum Gasteiger partial charge on any atom is -0.456 e. The lowest BCUT2D eigenvalue weighted by molar-refractivity contribution is 0.668. The maximum absolute atomic E-state index is 6.35. The Morgan fingerprint density at radius 3 is 1.45 bits per heavy atom. The maximum atomic E-state index is 6.35. The lowest BCUT2D eigenvalue weighted by atomic mass is 9.97. The zero-order valence-electron chi connectivity index (χ0n) is 29.8. The first-order valence-electron chi connectivity index (χ1n) is 18.7. The molecule has 3 heteroatoms. The van der Waals surface area contributed by atoms with Crippen molar-refractivity contribution in [2.45, 2.75) is 0 Å². The SMILES string of the molecule is c1ccc(N(c2ccc(-c3ccc4c(c3)oc3ccccc34)cc2)c2ccc(-c3cccc4ccccc34)cc2)c(-c2ccc3c(c2)oc2ccccc23)c1. The molecule has 0 amide bonds. The van der Waals surface area contributed by atoms with Crippen molar-refractivity contribution in [1.29, 1.82) is 0 Å². The van der Waals surface area contributed by atoms with E-state index in [4.69, 9.17) is 8.83 Å². The van der Waals surface area contributed by atoms with Crippen LogP contribution in [0.15, 0.2) is 209 Å². The van der Waals surface area contributed by atoms with Crippen molar-refractivity contribution in [2.24, 2.45) is 0 Å². The first-order valence-corrected chi connectivity index (χ1v) is 18.7. The molecule has 0 N–H and O–H groups in total. The second-order valence-corrected chi connectivity index (χ2v) is 14.1. The molecule has 2 heterocycles. The molecule has 0 unspecified atom stereocenters. The summed E-state index contributed by atoms with van der Waals surface area (Å²) in [5.41, 5.74) is 13.6. The van der Waals surface area contributed by atoms with E-state index >= 15 is 0 Å². The molecule has 0 aliphatic heterocycles. The van der Waals surface area contributed by atoms with Crippen molar-refractivity contribution < 1.29 is 8.83 Å². The van der Waals surface area contributed by atoms with E-state index in [1.807, 2.05) is 24.3 Å². The van der Waals surface area contributed by atoms with Gasteiger partial charge >= 0.3 is 0 Å². The Kier molecular flexibility index (Phi) is 7.17. The van der Waals surface area contributed by atoms with Gasteiger partial charge in [0.1, 0.15) is 22.3 Å². The Labute approximate surface area is 317 Å². The van der Waals surface area contributed by atoms with Gasteiger partial charge in [-0.1, -0.05) is 133 Å². The quantitative estimate of drug-likeness (QED) is 0.173. The van der Waals surface area contributed by atoms with Gasteiger partial charge in [0.15, 0.2) is 0 Å². The van der Waals surface area contributed by atoms with Gasteiger partial charge in [-0.05, 0) is 105 Å². The third-order valence-corrected chi connectivity index (χ3v) is 10.9. The lowest BCUT2D eigenvalue weighted by Crippen LogP contribution is -2.11. The van der Waals surface area contributed by atoms with Gasteiger partial charge in [-0.2, -0.15) is 0 Å². The van der Waals surface area contributed by atoms with Crippen LogP contribution in [0.3, 0.4) is 0 Å². The molecular weight excluding hydrogens is 671 g/mol. The van der Waals surface area contributed by atoms with Gasteiger partial charge in [-0.3, -0.25) is 0 Å². The smallest absolute Gasteiger partial charge is 0.136 e. The van der Waals surface area contributed by atoms with Crippen LogP contribution in [-0.2, 0) is 0 Å². The monoisotopic (exact) mass is 703 g/mol. The molecule has 0 saturated heterocycles. The third kappa shape index (κ3) is 5.28. The van der Waals surface area contributed by atoms with Crippen LogP contribution in [-0.4, -0.2) is 0 Å². The number of nitrogens with zero attached hydrogens (tertiary/aromatic N) is 1. The summed E-state index contributed by atoms with van der Waals surface area (Å²) >= 11 is 0. The zero-order valence-corrected chi connectivity index (χ0v) is 29.8. The highest BCUT2D eigenvalue weighted by Gasteiger charge is 2.19. The van der Waals surface area contributed by atoms with E-state index in [1.54, 1.807) is 0 Å². The molecular formula is C52H33NO2. The Morgan fingerprint density at radius 1 is 0.291 bits per heavy atom. The summed E-state index contributed by atoms with van der Waals surface area (Å²) in [5, 5.41) is 7.00. The van der Waals surface area contributed by atoms with Crippen LogP contribution >= 0.6 is 0 Å². The van der Waals surface area contributed by atoms with Crippen LogP contribution < -0.4 is 4.90 Å². The van der Waals surface area contributed by atoms with Crippen LogP contribution in [0.1, 0.15) is 0 Å². The van der Waals surface area contributed by atoms with Crippen LogP contribution in [0, 0.1) is 0 Å². The number of para-hydroxylation sites is 3. The minimum absolute atomic E-state index is 0.880. The average molecular weight is 704 g/mol. The first kappa shape index (κ1) is 31.2. The lowest BCUT2D eigenvalue weighted by Gasteiger charge is -2.28. The molecule has 2 aromatic heterocycles. The van der Waals surface area contributed by atoms with E-state index in [-0.39, 0.29) is 0 Å². The third-order valence-electron chi connectivity index (χ3n) is 10.9. The Balaban J connectivity index is 1.03. The molecule has 0 fully saturated rings. The van der Waals surface area contributed by atoms with Crippen molar-refractivity contribution >= 4 is 71.7 Å². The van der Waals surface area contributed by atoms with Crippen molar-refractivity contribution in [3.8, 4) is 33.4 Å². The predicted molar refractivity (Wildman–Crippen MR) is 229 cm³/mol. The van der Waals surface area contributed by atoms with Gasteiger partial charge < -0.3 is 13.7 Å². The molecule has 0 bridgehead atoms. The van der Waals surface area contributed by atoms with E-state index in [1.165, 1.54) is 21.9 Å². The van der Waals surface area contributed by atoms with E-state index in [0.29, 0.717) is 0 Å². The molecule has 55 heavy (non-hydrogen) atoms. The molecule has 0 aliphatic carbocycles. The molecule has 3 nitrogen and oxygen atoms in total. The van der Waals surface area contributed by atoms with Crippen LogP contribution in [0.2, 0.25) is 0 Å². The molecule has 0 aliphatic rings. The number of rotatable bonds is 6. The van der Waals surface area contributed by atoms with Gasteiger partial charge in [-0.25, -0.2) is 0 Å². The van der Waals surface area contributed by atoms with Crippen molar-refractivity contribution in [3.63, 3.8) is 0 Å². The number of furan rings is 2. The molecule has 11 rings (SSSR count). The van der Waals surface area contributed by atoms with Crippen molar-refractivity contribution in [1.82, 2.24) is 0 Å². The Bertz CT molecular complexity index is 3200. The number of hydrogen-bond donors (Lipinski definition) is 0. The number of fused-ring (bicyclic) bond motifs is 7. The normalized spacial score (nSPS) is 11.6. The topological polar surface area (TPSA) is 29.5 Å². The van der Waals surface area contributed by atoms with Crippen LogP contribution in [0.4, 0.5) is 17.1 Å². The second-order valence-electron chi connectivity index (χ2n) is 14.1. The zero-order chi connectivity index (χ0) is 36.3. The van der Waals surface area contributed by atoms with Crippen molar-refractivity contribution in [2.75, 3.05) is 4.90 Å².